The van der Waals surface area contributed by atoms with E-state index in [0.717, 1.165) is 4.90 Å². The van der Waals surface area contributed by atoms with Crippen LogP contribution in [0.3, 0.4) is 0 Å². The first-order chi connectivity index (χ1) is 12.7. The lowest BCUT2D eigenvalue weighted by Crippen LogP contribution is -2.51. The summed E-state index contributed by atoms with van der Waals surface area (Å²) in [4.78, 5) is 26.8. The number of carbonyl (C=O) groups excluding carboxylic acids is 2. The molecular formula is C17H23F3N4O3. The summed E-state index contributed by atoms with van der Waals surface area (Å²) in [6.45, 7) is 1.01. The van der Waals surface area contributed by atoms with Gasteiger partial charge < -0.3 is 20.7 Å². The molecule has 0 spiro atoms. The van der Waals surface area contributed by atoms with Crippen LogP contribution in [0.4, 0.5) is 24.5 Å². The van der Waals surface area contributed by atoms with E-state index in [2.05, 4.69) is 5.32 Å². The number of nitrogens with one attached hydrogen (secondary N) is 1. The molecule has 10 heteroatoms. The van der Waals surface area contributed by atoms with Gasteiger partial charge in [-0.15, -0.1) is 0 Å². The van der Waals surface area contributed by atoms with Crippen LogP contribution in [0.25, 0.3) is 0 Å². The maximum absolute atomic E-state index is 12.7. The molecule has 1 fully saturated rings. The number of halogens is 3. The molecule has 3 N–H and O–H groups in total. The van der Waals surface area contributed by atoms with Gasteiger partial charge in [0.2, 0.25) is 5.91 Å². The predicted octanol–water partition coefficient (Wildman–Crippen LogP) is 1.20. The summed E-state index contributed by atoms with van der Waals surface area (Å²) in [5.41, 5.74) is 6.60. The molecule has 1 aliphatic heterocycles. The van der Waals surface area contributed by atoms with E-state index in [1.807, 2.05) is 0 Å². The second-order valence-corrected chi connectivity index (χ2v) is 6.06. The molecule has 1 aliphatic rings. The summed E-state index contributed by atoms with van der Waals surface area (Å²) in [6, 6.07) is 5.39. The Labute approximate surface area is 155 Å². The first kappa shape index (κ1) is 21.1. The van der Waals surface area contributed by atoms with Crippen molar-refractivity contribution in [3.63, 3.8) is 0 Å². The number of likely N-dealkylation sites (N-methyl/N-ethyl adjacent to an activating group) is 1. The van der Waals surface area contributed by atoms with Crippen molar-refractivity contribution >= 4 is 23.2 Å². The Kier molecular flexibility index (Phi) is 7.17. The standard InChI is InChI=1S/C17H23F3N4O3/c1-2-23(11-17(18,19)20)14(9-21)16(26)22-12-3-5-13(6-4-12)24-7-8-27-10-15(24)25/h3-6,14H,2,7-11,21H2,1H3,(H,22,26)/t14-/m1/s1. The number of alkyl halides is 3. The highest BCUT2D eigenvalue weighted by Gasteiger charge is 2.35. The largest absolute Gasteiger partial charge is 0.401 e. The van der Waals surface area contributed by atoms with Crippen LogP contribution in [-0.2, 0) is 14.3 Å². The first-order valence-corrected chi connectivity index (χ1v) is 8.55. The van der Waals surface area contributed by atoms with Crippen LogP contribution < -0.4 is 16.0 Å². The molecule has 0 bridgehead atoms. The average molecular weight is 388 g/mol. The van der Waals surface area contributed by atoms with E-state index in [1.165, 1.54) is 6.92 Å². The summed E-state index contributed by atoms with van der Waals surface area (Å²) in [7, 11) is 0. The second-order valence-electron chi connectivity index (χ2n) is 6.06. The van der Waals surface area contributed by atoms with Crippen molar-refractivity contribution in [1.82, 2.24) is 4.90 Å². The number of ether oxygens (including phenoxy) is 1. The Hall–Kier alpha value is -2.17. The molecule has 0 unspecified atom stereocenters. The third-order valence-corrected chi connectivity index (χ3v) is 4.19. The monoisotopic (exact) mass is 388 g/mol. The third kappa shape index (κ3) is 5.91. The molecule has 2 rings (SSSR count). The van der Waals surface area contributed by atoms with Gasteiger partial charge in [0.05, 0.1) is 13.2 Å². The minimum Gasteiger partial charge on any atom is -0.370 e. The van der Waals surface area contributed by atoms with Crippen LogP contribution in [0, 0.1) is 0 Å². The first-order valence-electron chi connectivity index (χ1n) is 8.55. The van der Waals surface area contributed by atoms with E-state index in [9.17, 15) is 22.8 Å². The lowest BCUT2D eigenvalue weighted by atomic mass is 10.2. The molecule has 27 heavy (non-hydrogen) atoms. The number of nitrogens with zero attached hydrogens (tertiary/aromatic N) is 2. The van der Waals surface area contributed by atoms with Crippen molar-refractivity contribution < 1.29 is 27.5 Å². The Morgan fingerprint density at radius 1 is 1.37 bits per heavy atom. The average Bonchev–Trinajstić information content (AvgIpc) is 2.61. The number of benzene rings is 1. The quantitative estimate of drug-likeness (QED) is 0.733. The van der Waals surface area contributed by atoms with Crippen molar-refractivity contribution in [2.75, 3.05) is 49.6 Å². The fourth-order valence-electron chi connectivity index (χ4n) is 2.84. The zero-order valence-corrected chi connectivity index (χ0v) is 15.0. The topological polar surface area (TPSA) is 87.9 Å². The van der Waals surface area contributed by atoms with Gasteiger partial charge in [-0.1, -0.05) is 6.92 Å². The molecule has 1 heterocycles. The Morgan fingerprint density at radius 3 is 2.56 bits per heavy atom. The fraction of sp³-hybridized carbons (Fsp3) is 0.529. The third-order valence-electron chi connectivity index (χ3n) is 4.19. The number of anilines is 2. The molecule has 0 aliphatic carbocycles. The van der Waals surface area contributed by atoms with E-state index in [0.29, 0.717) is 24.5 Å². The highest BCUT2D eigenvalue weighted by molar-refractivity contribution is 5.97. The zero-order chi connectivity index (χ0) is 20.0. The minimum absolute atomic E-state index is 0.0166. The molecule has 2 amide bonds. The number of morpholine rings is 1. The number of hydrogen-bond acceptors (Lipinski definition) is 5. The molecule has 0 aromatic heterocycles. The zero-order valence-electron chi connectivity index (χ0n) is 15.0. The molecule has 0 radical (unpaired) electrons. The predicted molar refractivity (Wildman–Crippen MR) is 94.4 cm³/mol. The highest BCUT2D eigenvalue weighted by Crippen LogP contribution is 2.21. The minimum atomic E-state index is -4.42. The van der Waals surface area contributed by atoms with Crippen molar-refractivity contribution in [3.8, 4) is 0 Å². The molecule has 1 atom stereocenters. The van der Waals surface area contributed by atoms with Crippen molar-refractivity contribution in [2.45, 2.75) is 19.1 Å². The highest BCUT2D eigenvalue weighted by atomic mass is 19.4. The number of nitrogens with two attached hydrogens (primary N) is 1. The molecule has 1 aromatic carbocycles. The summed E-state index contributed by atoms with van der Waals surface area (Å²) in [5, 5.41) is 2.58. The van der Waals surface area contributed by atoms with Gasteiger partial charge in [0.1, 0.15) is 12.6 Å². The van der Waals surface area contributed by atoms with E-state index < -0.39 is 24.7 Å². The number of hydrogen-bond donors (Lipinski definition) is 2. The van der Waals surface area contributed by atoms with E-state index >= 15 is 0 Å². The van der Waals surface area contributed by atoms with Crippen LogP contribution >= 0.6 is 0 Å². The van der Waals surface area contributed by atoms with Gasteiger partial charge in [0, 0.05) is 24.5 Å². The van der Waals surface area contributed by atoms with Gasteiger partial charge in [-0.2, -0.15) is 13.2 Å². The van der Waals surface area contributed by atoms with Gasteiger partial charge >= 0.3 is 6.18 Å². The molecule has 1 aromatic rings. The number of rotatable bonds is 7. The van der Waals surface area contributed by atoms with Crippen LogP contribution in [-0.4, -0.2) is 68.3 Å². The molecule has 7 nitrogen and oxygen atoms in total. The summed E-state index contributed by atoms with van der Waals surface area (Å²) in [5.74, 6) is -0.772. The summed E-state index contributed by atoms with van der Waals surface area (Å²) < 4.78 is 43.1. The lowest BCUT2D eigenvalue weighted by molar-refractivity contribution is -0.153. The molecule has 0 saturated carbocycles. The van der Waals surface area contributed by atoms with Gasteiger partial charge in [-0.3, -0.25) is 14.5 Å². The van der Waals surface area contributed by atoms with Crippen molar-refractivity contribution in [2.24, 2.45) is 5.73 Å². The van der Waals surface area contributed by atoms with Crippen LogP contribution in [0.1, 0.15) is 6.92 Å². The van der Waals surface area contributed by atoms with Crippen molar-refractivity contribution in [3.05, 3.63) is 24.3 Å². The molecular weight excluding hydrogens is 365 g/mol. The molecule has 150 valence electrons. The molecule has 1 saturated heterocycles. The maximum Gasteiger partial charge on any atom is 0.401 e. The van der Waals surface area contributed by atoms with Crippen molar-refractivity contribution in [1.29, 1.82) is 0 Å². The normalized spacial score (nSPS) is 16.5. The lowest BCUT2D eigenvalue weighted by Gasteiger charge is -2.29. The fourth-order valence-corrected chi connectivity index (χ4v) is 2.84. The van der Waals surface area contributed by atoms with Gasteiger partial charge in [-0.25, -0.2) is 0 Å². The van der Waals surface area contributed by atoms with E-state index in [1.54, 1.807) is 29.2 Å². The summed E-state index contributed by atoms with van der Waals surface area (Å²) >= 11 is 0. The van der Waals surface area contributed by atoms with E-state index in [4.69, 9.17) is 10.5 Å². The van der Waals surface area contributed by atoms with Gasteiger partial charge in [-0.05, 0) is 30.8 Å². The van der Waals surface area contributed by atoms with Crippen LogP contribution in [0.5, 0.6) is 0 Å². The SMILES string of the molecule is CCN(CC(F)(F)F)[C@H](CN)C(=O)Nc1ccc(N2CCOCC2=O)cc1. The van der Waals surface area contributed by atoms with E-state index in [-0.39, 0.29) is 25.6 Å². The number of amides is 2. The Balaban J connectivity index is 2.04. The second kappa shape index (κ2) is 9.16. The van der Waals surface area contributed by atoms with Gasteiger partial charge in [0.15, 0.2) is 0 Å². The maximum atomic E-state index is 12.7. The number of carbonyl (C=O) groups is 2. The smallest absolute Gasteiger partial charge is 0.370 e. The van der Waals surface area contributed by atoms with Crippen LogP contribution in [0.15, 0.2) is 24.3 Å². The van der Waals surface area contributed by atoms with Gasteiger partial charge in [0.25, 0.3) is 5.91 Å². The summed E-state index contributed by atoms with van der Waals surface area (Å²) in [6.07, 6.45) is -4.42. The Morgan fingerprint density at radius 2 is 2.04 bits per heavy atom. The van der Waals surface area contributed by atoms with Crippen LogP contribution in [0.2, 0.25) is 0 Å². The Bertz CT molecular complexity index is 652.